The maximum atomic E-state index is 6.09. The predicted octanol–water partition coefficient (Wildman–Crippen LogP) is 1.67. The van der Waals surface area contributed by atoms with Crippen molar-refractivity contribution in [2.75, 3.05) is 26.2 Å². The summed E-state index contributed by atoms with van der Waals surface area (Å²) < 4.78 is 0. The quantitative estimate of drug-likeness (QED) is 0.813. The van der Waals surface area contributed by atoms with Crippen molar-refractivity contribution in [3.8, 4) is 0 Å². The largest absolute Gasteiger partial charge is 0.326 e. The molecule has 2 fully saturated rings. The lowest BCUT2D eigenvalue weighted by atomic mass is 9.95. The van der Waals surface area contributed by atoms with E-state index in [9.17, 15) is 0 Å². The highest BCUT2D eigenvalue weighted by molar-refractivity contribution is 4.89. The lowest BCUT2D eigenvalue weighted by molar-refractivity contribution is 0.0127. The average molecular weight is 239 g/mol. The van der Waals surface area contributed by atoms with Crippen molar-refractivity contribution in [3.05, 3.63) is 0 Å². The zero-order chi connectivity index (χ0) is 12.5. The Morgan fingerprint density at radius 3 is 2.71 bits per heavy atom. The van der Waals surface area contributed by atoms with Crippen LogP contribution in [0.3, 0.4) is 0 Å². The van der Waals surface area contributed by atoms with E-state index < -0.39 is 0 Å². The monoisotopic (exact) mass is 239 g/mol. The second-order valence-corrected chi connectivity index (χ2v) is 6.73. The van der Waals surface area contributed by atoms with E-state index >= 15 is 0 Å². The number of fused-ring (bicyclic) bond motifs is 1. The summed E-state index contributed by atoms with van der Waals surface area (Å²) >= 11 is 0. The van der Waals surface area contributed by atoms with Crippen molar-refractivity contribution in [1.29, 1.82) is 0 Å². The van der Waals surface area contributed by atoms with Gasteiger partial charge in [-0.1, -0.05) is 6.42 Å². The van der Waals surface area contributed by atoms with Gasteiger partial charge in [0.1, 0.15) is 0 Å². The Bertz CT molecular complexity index is 246. The molecule has 2 atom stereocenters. The predicted molar refractivity (Wildman–Crippen MR) is 73.1 cm³/mol. The Hall–Kier alpha value is -0.120. The molecule has 2 heterocycles. The van der Waals surface area contributed by atoms with E-state index in [0.29, 0.717) is 6.04 Å². The van der Waals surface area contributed by atoms with Gasteiger partial charge in [0.15, 0.2) is 0 Å². The zero-order valence-electron chi connectivity index (χ0n) is 11.8. The van der Waals surface area contributed by atoms with Crippen LogP contribution in [0.5, 0.6) is 0 Å². The number of piperidine rings is 1. The number of piperazine rings is 1. The molecule has 0 aromatic rings. The Kier molecular flexibility index (Phi) is 4.11. The van der Waals surface area contributed by atoms with Crippen molar-refractivity contribution in [2.24, 2.45) is 5.73 Å². The zero-order valence-corrected chi connectivity index (χ0v) is 11.8. The van der Waals surface area contributed by atoms with E-state index in [4.69, 9.17) is 5.73 Å². The molecule has 17 heavy (non-hydrogen) atoms. The molecular weight excluding hydrogens is 210 g/mol. The van der Waals surface area contributed by atoms with E-state index in [1.165, 1.54) is 38.9 Å². The third-order valence-corrected chi connectivity index (χ3v) is 4.36. The molecule has 0 aromatic heterocycles. The SMILES string of the molecule is CC1CN2CCCCC2CN1CCC(C)(C)N. The van der Waals surface area contributed by atoms with E-state index in [2.05, 4.69) is 30.6 Å². The van der Waals surface area contributed by atoms with E-state index in [0.717, 1.165) is 19.0 Å². The summed E-state index contributed by atoms with van der Waals surface area (Å²) in [6.45, 7) is 11.6. The molecule has 3 heteroatoms. The molecule has 2 aliphatic heterocycles. The van der Waals surface area contributed by atoms with Crippen molar-refractivity contribution in [2.45, 2.75) is 64.1 Å². The van der Waals surface area contributed by atoms with Gasteiger partial charge in [-0.15, -0.1) is 0 Å². The summed E-state index contributed by atoms with van der Waals surface area (Å²) in [6.07, 6.45) is 5.32. The molecule has 0 aromatic carbocycles. The van der Waals surface area contributed by atoms with Crippen LogP contribution in [0.2, 0.25) is 0 Å². The highest BCUT2D eigenvalue weighted by Gasteiger charge is 2.32. The molecule has 2 aliphatic rings. The molecule has 0 saturated carbocycles. The topological polar surface area (TPSA) is 32.5 Å². The first-order valence-corrected chi connectivity index (χ1v) is 7.23. The van der Waals surface area contributed by atoms with Crippen LogP contribution in [-0.2, 0) is 0 Å². The summed E-state index contributed by atoms with van der Waals surface area (Å²) in [6, 6.07) is 1.52. The summed E-state index contributed by atoms with van der Waals surface area (Å²) in [5, 5.41) is 0. The fourth-order valence-corrected chi connectivity index (χ4v) is 3.16. The van der Waals surface area contributed by atoms with Gasteiger partial charge < -0.3 is 5.73 Å². The van der Waals surface area contributed by atoms with Gasteiger partial charge in [-0.05, 0) is 46.6 Å². The summed E-state index contributed by atoms with van der Waals surface area (Å²) in [5.74, 6) is 0. The number of nitrogens with two attached hydrogens (primary N) is 1. The van der Waals surface area contributed by atoms with Gasteiger partial charge in [0, 0.05) is 37.3 Å². The Labute approximate surface area is 106 Å². The van der Waals surface area contributed by atoms with Crippen LogP contribution in [-0.4, -0.2) is 53.6 Å². The second-order valence-electron chi connectivity index (χ2n) is 6.73. The fraction of sp³-hybridized carbons (Fsp3) is 1.00. The van der Waals surface area contributed by atoms with Crippen molar-refractivity contribution in [1.82, 2.24) is 9.80 Å². The maximum absolute atomic E-state index is 6.09. The molecule has 0 bridgehead atoms. The van der Waals surface area contributed by atoms with Crippen molar-refractivity contribution >= 4 is 0 Å². The third-order valence-electron chi connectivity index (χ3n) is 4.36. The standard InChI is InChI=1S/C14H29N3/c1-12-10-17-8-5-4-6-13(17)11-16(12)9-7-14(2,3)15/h12-13H,4-11,15H2,1-3H3. The first kappa shape index (κ1) is 13.3. The number of hydrogen-bond acceptors (Lipinski definition) is 3. The molecular formula is C14H29N3. The van der Waals surface area contributed by atoms with E-state index in [1.54, 1.807) is 0 Å². The molecule has 2 N–H and O–H groups in total. The molecule has 100 valence electrons. The number of rotatable bonds is 3. The van der Waals surface area contributed by atoms with Gasteiger partial charge in [0.05, 0.1) is 0 Å². The highest BCUT2D eigenvalue weighted by atomic mass is 15.3. The van der Waals surface area contributed by atoms with Crippen LogP contribution < -0.4 is 5.73 Å². The van der Waals surface area contributed by atoms with Crippen LogP contribution in [0.15, 0.2) is 0 Å². The summed E-state index contributed by atoms with van der Waals surface area (Å²) in [4.78, 5) is 5.36. The lowest BCUT2D eigenvalue weighted by Crippen LogP contribution is -2.59. The third kappa shape index (κ3) is 3.67. The molecule has 0 radical (unpaired) electrons. The van der Waals surface area contributed by atoms with Crippen LogP contribution in [0.4, 0.5) is 0 Å². The van der Waals surface area contributed by atoms with Gasteiger partial charge in [0.25, 0.3) is 0 Å². The molecule has 2 unspecified atom stereocenters. The van der Waals surface area contributed by atoms with Gasteiger partial charge in [0.2, 0.25) is 0 Å². The maximum Gasteiger partial charge on any atom is 0.0223 e. The fourth-order valence-electron chi connectivity index (χ4n) is 3.16. The summed E-state index contributed by atoms with van der Waals surface area (Å²) in [5.41, 5.74) is 6.07. The molecule has 0 spiro atoms. The Morgan fingerprint density at radius 1 is 1.24 bits per heavy atom. The van der Waals surface area contributed by atoms with Gasteiger partial charge in [-0.2, -0.15) is 0 Å². The van der Waals surface area contributed by atoms with Crippen LogP contribution in [0.1, 0.15) is 46.5 Å². The van der Waals surface area contributed by atoms with Gasteiger partial charge >= 0.3 is 0 Å². The first-order valence-electron chi connectivity index (χ1n) is 7.23. The molecule has 0 aliphatic carbocycles. The molecule has 2 saturated heterocycles. The van der Waals surface area contributed by atoms with E-state index in [1.807, 2.05) is 0 Å². The summed E-state index contributed by atoms with van der Waals surface area (Å²) in [7, 11) is 0. The normalized spacial score (nSPS) is 32.5. The lowest BCUT2D eigenvalue weighted by Gasteiger charge is -2.48. The van der Waals surface area contributed by atoms with E-state index in [-0.39, 0.29) is 5.54 Å². The number of hydrogen-bond donors (Lipinski definition) is 1. The highest BCUT2D eigenvalue weighted by Crippen LogP contribution is 2.24. The van der Waals surface area contributed by atoms with Crippen LogP contribution in [0.25, 0.3) is 0 Å². The second kappa shape index (κ2) is 5.25. The number of nitrogens with zero attached hydrogens (tertiary/aromatic N) is 2. The Balaban J connectivity index is 1.86. The smallest absolute Gasteiger partial charge is 0.0223 e. The minimum absolute atomic E-state index is 0.0244. The minimum atomic E-state index is -0.0244. The molecule has 3 nitrogen and oxygen atoms in total. The minimum Gasteiger partial charge on any atom is -0.326 e. The van der Waals surface area contributed by atoms with Crippen molar-refractivity contribution < 1.29 is 0 Å². The molecule has 2 rings (SSSR count). The Morgan fingerprint density at radius 2 is 2.00 bits per heavy atom. The first-order chi connectivity index (χ1) is 7.96. The average Bonchev–Trinajstić information content (AvgIpc) is 2.25. The molecule has 0 amide bonds. The van der Waals surface area contributed by atoms with Gasteiger partial charge in [-0.3, -0.25) is 9.80 Å². The van der Waals surface area contributed by atoms with Crippen LogP contribution in [0, 0.1) is 0 Å². The van der Waals surface area contributed by atoms with Gasteiger partial charge in [-0.25, -0.2) is 0 Å². The van der Waals surface area contributed by atoms with Crippen LogP contribution >= 0.6 is 0 Å². The van der Waals surface area contributed by atoms with Crippen molar-refractivity contribution in [3.63, 3.8) is 0 Å².